The van der Waals surface area contributed by atoms with E-state index in [1.807, 2.05) is 11.0 Å². The van der Waals surface area contributed by atoms with E-state index in [2.05, 4.69) is 5.32 Å². The molecule has 3 rings (SSSR count). The van der Waals surface area contributed by atoms with Gasteiger partial charge in [0.15, 0.2) is 9.84 Å². The molecule has 146 valence electrons. The molecule has 0 radical (unpaired) electrons. The largest absolute Gasteiger partial charge is 0.342 e. The molecule has 1 N–H and O–H groups in total. The van der Waals surface area contributed by atoms with Gasteiger partial charge in [0, 0.05) is 13.1 Å². The third-order valence-electron chi connectivity index (χ3n) is 5.74. The van der Waals surface area contributed by atoms with Crippen LogP contribution in [0.3, 0.4) is 0 Å². The van der Waals surface area contributed by atoms with Gasteiger partial charge in [-0.15, -0.1) is 0 Å². The molecule has 1 amide bonds. The van der Waals surface area contributed by atoms with Gasteiger partial charge in [-0.3, -0.25) is 9.69 Å². The fraction of sp³-hybridized carbons (Fsp3) is 0.600. The predicted molar refractivity (Wildman–Crippen MR) is 103 cm³/mol. The average Bonchev–Trinajstić information content (AvgIpc) is 3.12. The highest BCUT2D eigenvalue weighted by atomic mass is 32.2. The van der Waals surface area contributed by atoms with E-state index in [1.54, 1.807) is 30.3 Å². The van der Waals surface area contributed by atoms with E-state index in [9.17, 15) is 13.2 Å². The van der Waals surface area contributed by atoms with Crippen molar-refractivity contribution in [3.05, 3.63) is 30.3 Å². The van der Waals surface area contributed by atoms with E-state index in [0.29, 0.717) is 17.4 Å². The van der Waals surface area contributed by atoms with Gasteiger partial charge in [0.1, 0.15) is 6.54 Å². The number of likely N-dealkylation sites (tertiary alicyclic amines) is 1. The van der Waals surface area contributed by atoms with Gasteiger partial charge in [-0.2, -0.15) is 5.26 Å². The minimum atomic E-state index is -3.49. The first-order chi connectivity index (χ1) is 13.0. The first-order valence-electron chi connectivity index (χ1n) is 9.70. The van der Waals surface area contributed by atoms with Crippen LogP contribution in [0.5, 0.6) is 0 Å². The Balaban J connectivity index is 1.77. The van der Waals surface area contributed by atoms with E-state index in [0.717, 1.165) is 19.4 Å². The van der Waals surface area contributed by atoms with Crippen molar-refractivity contribution >= 4 is 15.7 Å². The zero-order valence-electron chi connectivity index (χ0n) is 15.5. The second-order valence-electron chi connectivity index (χ2n) is 7.57. The summed E-state index contributed by atoms with van der Waals surface area (Å²) in [6.07, 6.45) is 6.22. The number of hydrogen-bond donors (Lipinski definition) is 1. The Bertz CT molecular complexity index is 782. The monoisotopic (exact) mass is 389 g/mol. The molecular weight excluding hydrogens is 362 g/mol. The Labute approximate surface area is 161 Å². The topological polar surface area (TPSA) is 90.3 Å². The van der Waals surface area contributed by atoms with Crippen molar-refractivity contribution in [1.82, 2.24) is 10.2 Å². The van der Waals surface area contributed by atoms with E-state index in [4.69, 9.17) is 5.26 Å². The highest BCUT2D eigenvalue weighted by molar-refractivity contribution is 7.92. The van der Waals surface area contributed by atoms with E-state index in [-0.39, 0.29) is 18.9 Å². The third kappa shape index (κ3) is 4.69. The number of benzene rings is 1. The number of hydrogen-bond acceptors (Lipinski definition) is 5. The van der Waals surface area contributed by atoms with Crippen molar-refractivity contribution in [1.29, 1.82) is 5.26 Å². The number of carbonyl (C=O) groups is 1. The van der Waals surface area contributed by atoms with Gasteiger partial charge < -0.3 is 5.32 Å². The Morgan fingerprint density at radius 2 is 1.89 bits per heavy atom. The summed E-state index contributed by atoms with van der Waals surface area (Å²) in [5, 5.41) is 10.8. The molecule has 6 nitrogen and oxygen atoms in total. The van der Waals surface area contributed by atoms with Gasteiger partial charge in [0.2, 0.25) is 5.91 Å². The maximum absolute atomic E-state index is 13.0. The summed E-state index contributed by atoms with van der Waals surface area (Å²) in [7, 11) is -3.49. The van der Waals surface area contributed by atoms with Crippen LogP contribution < -0.4 is 5.32 Å². The average molecular weight is 390 g/mol. The standard InChI is InChI=1S/C20H27N3O3S/c21-11-12-22-20(24)19-13-18(27(25,26)17-9-5-2-6-10-17)15-23(19)14-16-7-3-1-4-8-16/h2,5-6,9-10,16,18-19H,1,3-4,7-8,12-15H2,(H,22,24)/t18-,19+/m0/s1. The first-order valence-corrected chi connectivity index (χ1v) is 11.2. The van der Waals surface area contributed by atoms with Crippen LogP contribution >= 0.6 is 0 Å². The van der Waals surface area contributed by atoms with Gasteiger partial charge in [0.05, 0.1) is 22.3 Å². The number of amides is 1. The maximum atomic E-state index is 13.0. The van der Waals surface area contributed by atoms with Crippen LogP contribution in [0.1, 0.15) is 38.5 Å². The van der Waals surface area contributed by atoms with Crippen LogP contribution in [-0.2, 0) is 14.6 Å². The lowest BCUT2D eigenvalue weighted by atomic mass is 9.89. The molecule has 2 fully saturated rings. The predicted octanol–water partition coefficient (Wildman–Crippen LogP) is 2.12. The zero-order chi connectivity index (χ0) is 19.3. The Morgan fingerprint density at radius 1 is 1.19 bits per heavy atom. The SMILES string of the molecule is N#CCNC(=O)[C@H]1C[C@H](S(=O)(=O)c2ccccc2)CN1CC1CCCCC1. The number of nitriles is 1. The molecule has 2 atom stereocenters. The van der Waals surface area contributed by atoms with Crippen molar-refractivity contribution in [3.63, 3.8) is 0 Å². The van der Waals surface area contributed by atoms with Crippen LogP contribution in [0.2, 0.25) is 0 Å². The number of nitrogens with zero attached hydrogens (tertiary/aromatic N) is 2. The van der Waals surface area contributed by atoms with Crippen LogP contribution in [0, 0.1) is 17.2 Å². The fourth-order valence-corrected chi connectivity index (χ4v) is 6.05. The summed E-state index contributed by atoms with van der Waals surface area (Å²) in [5.41, 5.74) is 0. The molecule has 1 aromatic carbocycles. The van der Waals surface area contributed by atoms with Gasteiger partial charge in [0.25, 0.3) is 0 Å². The second-order valence-corrected chi connectivity index (χ2v) is 9.79. The molecule has 2 aliphatic rings. The van der Waals surface area contributed by atoms with Gasteiger partial charge in [-0.25, -0.2) is 8.42 Å². The van der Waals surface area contributed by atoms with Crippen molar-refractivity contribution in [2.24, 2.45) is 5.92 Å². The molecule has 0 bridgehead atoms. The lowest BCUT2D eigenvalue weighted by Crippen LogP contribution is -2.45. The lowest BCUT2D eigenvalue weighted by molar-refractivity contribution is -0.125. The van der Waals surface area contributed by atoms with Crippen LogP contribution in [0.25, 0.3) is 0 Å². The minimum Gasteiger partial charge on any atom is -0.342 e. The molecule has 0 aromatic heterocycles. The van der Waals surface area contributed by atoms with Crippen LogP contribution in [-0.4, -0.2) is 50.2 Å². The molecule has 1 saturated heterocycles. The van der Waals surface area contributed by atoms with Crippen LogP contribution in [0.15, 0.2) is 35.2 Å². The summed E-state index contributed by atoms with van der Waals surface area (Å²) >= 11 is 0. The Morgan fingerprint density at radius 3 is 2.56 bits per heavy atom. The summed E-state index contributed by atoms with van der Waals surface area (Å²) in [4.78, 5) is 14.9. The van der Waals surface area contributed by atoms with E-state index < -0.39 is 21.1 Å². The molecule has 1 aromatic rings. The van der Waals surface area contributed by atoms with Crippen molar-refractivity contribution in [2.45, 2.75) is 54.7 Å². The molecule has 1 aliphatic heterocycles. The number of carbonyl (C=O) groups excluding carboxylic acids is 1. The number of sulfone groups is 1. The second kappa shape index (κ2) is 8.85. The smallest absolute Gasteiger partial charge is 0.238 e. The third-order valence-corrected chi connectivity index (χ3v) is 7.89. The highest BCUT2D eigenvalue weighted by Gasteiger charge is 2.43. The van der Waals surface area contributed by atoms with E-state index >= 15 is 0 Å². The van der Waals surface area contributed by atoms with E-state index in [1.165, 1.54) is 19.3 Å². The normalized spacial score (nSPS) is 24.4. The summed E-state index contributed by atoms with van der Waals surface area (Å²) in [6.45, 7) is 1.08. The minimum absolute atomic E-state index is 0.0529. The quantitative estimate of drug-likeness (QED) is 0.753. The molecule has 0 spiro atoms. The number of nitrogens with one attached hydrogen (secondary N) is 1. The zero-order valence-corrected chi connectivity index (χ0v) is 16.3. The first kappa shape index (κ1) is 19.8. The Kier molecular flexibility index (Phi) is 6.51. The molecule has 1 aliphatic carbocycles. The molecule has 27 heavy (non-hydrogen) atoms. The molecule has 7 heteroatoms. The Hall–Kier alpha value is -1.91. The molecule has 1 heterocycles. The van der Waals surface area contributed by atoms with Crippen molar-refractivity contribution < 1.29 is 13.2 Å². The highest BCUT2D eigenvalue weighted by Crippen LogP contribution is 2.31. The summed E-state index contributed by atoms with van der Waals surface area (Å²) in [6, 6.07) is 9.90. The molecule has 0 unspecified atom stereocenters. The fourth-order valence-electron chi connectivity index (χ4n) is 4.31. The van der Waals surface area contributed by atoms with Crippen molar-refractivity contribution in [3.8, 4) is 6.07 Å². The maximum Gasteiger partial charge on any atom is 0.238 e. The molecular formula is C20H27N3O3S. The van der Waals surface area contributed by atoms with Gasteiger partial charge >= 0.3 is 0 Å². The lowest BCUT2D eigenvalue weighted by Gasteiger charge is -2.30. The summed E-state index contributed by atoms with van der Waals surface area (Å²) in [5.74, 6) is 0.279. The van der Waals surface area contributed by atoms with Crippen LogP contribution in [0.4, 0.5) is 0 Å². The summed E-state index contributed by atoms with van der Waals surface area (Å²) < 4.78 is 26.1. The molecule has 1 saturated carbocycles. The van der Waals surface area contributed by atoms with Gasteiger partial charge in [-0.05, 0) is 37.3 Å². The van der Waals surface area contributed by atoms with Gasteiger partial charge in [-0.1, -0.05) is 37.5 Å². The number of rotatable bonds is 6. The van der Waals surface area contributed by atoms with Crippen molar-refractivity contribution in [2.75, 3.05) is 19.6 Å².